The normalized spacial score (nSPS) is 15.7. The Morgan fingerprint density at radius 1 is 0.588 bits per heavy atom. The first-order valence-corrected chi connectivity index (χ1v) is 8.23. The van der Waals surface area contributed by atoms with Crippen LogP contribution in [0.15, 0.2) is 12.2 Å². The lowest BCUT2D eigenvalue weighted by molar-refractivity contribution is -0.461. The van der Waals surface area contributed by atoms with Gasteiger partial charge in [-0.05, 0) is 6.42 Å². The van der Waals surface area contributed by atoms with Gasteiger partial charge in [0.15, 0.2) is 0 Å². The SMILES string of the molecule is O=C(Cl)OC/C=C/CCC(F)(F)C(F)(F)C(F)(F)C(F)(F)C(F)(F)C(F)(F)C(F)(F)C(F)(F)F. The summed E-state index contributed by atoms with van der Waals surface area (Å²) in [6.45, 7) is -0.812. The Kier molecular flexibility index (Phi) is 8.94. The van der Waals surface area contributed by atoms with E-state index in [0.717, 1.165) is 0 Å². The van der Waals surface area contributed by atoms with Crippen molar-refractivity contribution in [1.82, 2.24) is 0 Å². The molecule has 0 fully saturated rings. The number of alkyl halides is 17. The van der Waals surface area contributed by atoms with Crippen LogP contribution in [0, 0.1) is 0 Å². The predicted octanol–water partition coefficient (Wildman–Crippen LogP) is 7.71. The lowest BCUT2D eigenvalue weighted by atomic mass is 9.88. The van der Waals surface area contributed by atoms with Crippen LogP contribution in [-0.2, 0) is 4.74 Å². The fraction of sp³-hybridized carbons (Fsp3) is 0.786. The molecule has 0 aromatic carbocycles. The van der Waals surface area contributed by atoms with Crippen LogP contribution >= 0.6 is 11.6 Å². The van der Waals surface area contributed by atoms with Gasteiger partial charge in [-0.3, -0.25) is 0 Å². The summed E-state index contributed by atoms with van der Waals surface area (Å²) in [6.07, 6.45) is -10.9. The van der Waals surface area contributed by atoms with Crippen molar-refractivity contribution in [2.75, 3.05) is 6.61 Å². The lowest BCUT2D eigenvalue weighted by Crippen LogP contribution is -2.74. The Bertz CT molecular complexity index is 756. The molecule has 0 heterocycles. The fourth-order valence-corrected chi connectivity index (χ4v) is 1.98. The number of ether oxygens (including phenoxy) is 1. The maximum absolute atomic E-state index is 13.5. The zero-order chi connectivity index (χ0) is 27.8. The van der Waals surface area contributed by atoms with Crippen LogP contribution in [-0.4, -0.2) is 59.7 Å². The van der Waals surface area contributed by atoms with E-state index >= 15 is 0 Å². The molecule has 0 aromatic rings. The van der Waals surface area contributed by atoms with Crippen LogP contribution < -0.4 is 0 Å². The molecule has 202 valence electrons. The Hall–Kier alpha value is -1.69. The van der Waals surface area contributed by atoms with Crippen molar-refractivity contribution < 1.29 is 84.2 Å². The molecule has 0 saturated carbocycles. The Morgan fingerprint density at radius 2 is 0.941 bits per heavy atom. The number of rotatable bonds is 11. The predicted molar refractivity (Wildman–Crippen MR) is 76.3 cm³/mol. The van der Waals surface area contributed by atoms with E-state index in [1.54, 1.807) is 0 Å². The van der Waals surface area contributed by atoms with E-state index < -0.39 is 72.5 Å². The van der Waals surface area contributed by atoms with Crippen molar-refractivity contribution in [2.45, 2.75) is 60.5 Å². The van der Waals surface area contributed by atoms with Gasteiger partial charge in [-0.25, -0.2) is 4.79 Å². The second-order valence-corrected chi connectivity index (χ2v) is 6.52. The minimum Gasteiger partial charge on any atom is -0.449 e. The molecular formula is C14H8ClF17O2. The van der Waals surface area contributed by atoms with Gasteiger partial charge < -0.3 is 4.74 Å². The molecule has 0 radical (unpaired) electrons. The molecule has 0 spiro atoms. The Labute approximate surface area is 181 Å². The third kappa shape index (κ3) is 5.12. The van der Waals surface area contributed by atoms with E-state index in [4.69, 9.17) is 0 Å². The number of halogens is 18. The van der Waals surface area contributed by atoms with Crippen LogP contribution in [0.5, 0.6) is 0 Å². The number of carbonyl (C=O) groups excluding carboxylic acids is 1. The van der Waals surface area contributed by atoms with Gasteiger partial charge in [0.1, 0.15) is 6.61 Å². The van der Waals surface area contributed by atoms with Crippen molar-refractivity contribution in [3.05, 3.63) is 12.2 Å². The van der Waals surface area contributed by atoms with E-state index in [9.17, 15) is 79.4 Å². The highest BCUT2D eigenvalue weighted by atomic mass is 35.5. The zero-order valence-electron chi connectivity index (χ0n) is 15.4. The molecule has 34 heavy (non-hydrogen) atoms. The van der Waals surface area contributed by atoms with Gasteiger partial charge in [0.2, 0.25) is 0 Å². The first kappa shape index (κ1) is 32.3. The monoisotopic (exact) mass is 566 g/mol. The largest absolute Gasteiger partial charge is 0.460 e. The molecule has 0 aromatic heterocycles. The van der Waals surface area contributed by atoms with Crippen LogP contribution in [0.1, 0.15) is 12.8 Å². The molecule has 0 rings (SSSR count). The molecular weight excluding hydrogens is 559 g/mol. The molecule has 0 aliphatic rings. The average Bonchev–Trinajstić information content (AvgIpc) is 2.62. The first-order chi connectivity index (χ1) is 14.7. The van der Waals surface area contributed by atoms with E-state index in [1.165, 1.54) is 0 Å². The van der Waals surface area contributed by atoms with Crippen molar-refractivity contribution in [3.63, 3.8) is 0 Å². The molecule has 0 amide bonds. The maximum Gasteiger partial charge on any atom is 0.460 e. The van der Waals surface area contributed by atoms with Crippen LogP contribution in [0.4, 0.5) is 79.4 Å². The van der Waals surface area contributed by atoms with Crippen LogP contribution in [0.3, 0.4) is 0 Å². The third-order valence-electron chi connectivity index (χ3n) is 3.87. The molecule has 0 saturated heterocycles. The summed E-state index contributed by atoms with van der Waals surface area (Å²) in [6, 6.07) is 0. The van der Waals surface area contributed by atoms with Gasteiger partial charge in [-0.2, -0.15) is 74.6 Å². The van der Waals surface area contributed by atoms with Crippen LogP contribution in [0.2, 0.25) is 0 Å². The molecule has 0 N–H and O–H groups in total. The lowest BCUT2D eigenvalue weighted by Gasteiger charge is -2.42. The smallest absolute Gasteiger partial charge is 0.449 e. The second kappa shape index (κ2) is 9.40. The minimum absolute atomic E-state index is 0.368. The molecule has 20 heteroatoms. The number of allylic oxidation sites excluding steroid dienone is 1. The van der Waals surface area contributed by atoms with Gasteiger partial charge >= 0.3 is 53.1 Å². The molecule has 0 bridgehead atoms. The van der Waals surface area contributed by atoms with Gasteiger partial charge in [0.25, 0.3) is 0 Å². The number of carbonyl (C=O) groups is 1. The molecule has 0 atom stereocenters. The summed E-state index contributed by atoms with van der Waals surface area (Å²) < 4.78 is 226. The van der Waals surface area contributed by atoms with Crippen molar-refractivity contribution in [2.24, 2.45) is 0 Å². The highest BCUT2D eigenvalue weighted by molar-refractivity contribution is 6.61. The van der Waals surface area contributed by atoms with Crippen molar-refractivity contribution >= 4 is 17.0 Å². The van der Waals surface area contributed by atoms with E-state index in [2.05, 4.69) is 16.3 Å². The summed E-state index contributed by atoms with van der Waals surface area (Å²) in [4.78, 5) is 10.2. The van der Waals surface area contributed by atoms with Gasteiger partial charge in [-0.1, -0.05) is 12.2 Å². The zero-order valence-corrected chi connectivity index (χ0v) is 16.2. The Balaban J connectivity index is 6.18. The standard InChI is InChI=1S/C14H8ClF17O2/c15-6(33)34-5-3-1-2-4-7(16,17)8(18,19)9(20,21)10(22,23)11(24,25)12(26,27)13(28,29)14(30,31)32/h1,3H,2,4-5H2/b3-1+. The molecule has 0 aliphatic carbocycles. The minimum atomic E-state index is -8.65. The van der Waals surface area contributed by atoms with Gasteiger partial charge in [0.05, 0.1) is 0 Å². The van der Waals surface area contributed by atoms with Gasteiger partial charge in [-0.15, -0.1) is 0 Å². The fourth-order valence-electron chi connectivity index (χ4n) is 1.92. The van der Waals surface area contributed by atoms with Crippen molar-refractivity contribution in [1.29, 1.82) is 0 Å². The van der Waals surface area contributed by atoms with Crippen LogP contribution in [0.25, 0.3) is 0 Å². The molecule has 0 unspecified atom stereocenters. The highest BCUT2D eigenvalue weighted by Gasteiger charge is 2.95. The molecule has 2 nitrogen and oxygen atoms in total. The summed E-state index contributed by atoms with van der Waals surface area (Å²) in [5.74, 6) is -56.4. The maximum atomic E-state index is 13.5. The van der Waals surface area contributed by atoms with Crippen molar-refractivity contribution in [3.8, 4) is 0 Å². The molecule has 0 aliphatic heterocycles. The average molecular weight is 567 g/mol. The summed E-state index contributed by atoms with van der Waals surface area (Å²) >= 11 is 4.65. The topological polar surface area (TPSA) is 26.3 Å². The summed E-state index contributed by atoms with van der Waals surface area (Å²) in [5, 5.41) is 0. The number of hydrogen-bond donors (Lipinski definition) is 0. The van der Waals surface area contributed by atoms with Gasteiger partial charge in [0, 0.05) is 18.0 Å². The summed E-state index contributed by atoms with van der Waals surface area (Å²) in [5.41, 5.74) is -1.46. The Morgan fingerprint density at radius 3 is 1.29 bits per heavy atom. The highest BCUT2D eigenvalue weighted by Crippen LogP contribution is 2.64. The van der Waals surface area contributed by atoms with E-state index in [0.29, 0.717) is 12.2 Å². The second-order valence-electron chi connectivity index (χ2n) is 6.21. The third-order valence-corrected chi connectivity index (χ3v) is 3.98. The number of hydrogen-bond acceptors (Lipinski definition) is 2. The van der Waals surface area contributed by atoms with E-state index in [1.807, 2.05) is 0 Å². The quantitative estimate of drug-likeness (QED) is 0.146. The summed E-state index contributed by atoms with van der Waals surface area (Å²) in [7, 11) is 0. The van der Waals surface area contributed by atoms with E-state index in [-0.39, 0.29) is 0 Å². The first-order valence-electron chi connectivity index (χ1n) is 7.85.